The van der Waals surface area contributed by atoms with Crippen molar-refractivity contribution < 1.29 is 63.6 Å². The number of carbonyl (C=O) groups excluding carboxylic acids is 6. The Morgan fingerprint density at radius 3 is 1.60 bits per heavy atom. The molecule has 16 N–H and O–H groups in total. The van der Waals surface area contributed by atoms with Gasteiger partial charge in [0.25, 0.3) is 0 Å². The Kier molecular flexibility index (Phi) is 31.2. The maximum atomic E-state index is 14.4. The van der Waals surface area contributed by atoms with Gasteiger partial charge in [-0.2, -0.15) is 4.99 Å². The number of benzene rings is 3. The van der Waals surface area contributed by atoms with Gasteiger partial charge in [0.15, 0.2) is 5.96 Å². The lowest BCUT2D eigenvalue weighted by Gasteiger charge is -2.32. The van der Waals surface area contributed by atoms with Crippen LogP contribution in [-0.2, 0) is 44.9 Å². The molecular formula is C57H85N15O13. The van der Waals surface area contributed by atoms with Crippen LogP contribution in [0, 0.1) is 0 Å². The molecule has 1 saturated heterocycles. The minimum atomic E-state index is -1.05. The van der Waals surface area contributed by atoms with Gasteiger partial charge >= 0.3 is 23.9 Å². The van der Waals surface area contributed by atoms with Gasteiger partial charge in [-0.3, -0.25) is 58.0 Å². The number of phenols is 1. The first-order valence-electron chi connectivity index (χ1n) is 28.5. The van der Waals surface area contributed by atoms with Crippen LogP contribution in [0.5, 0.6) is 5.75 Å². The number of phenolic OH excluding ortho intramolecular Hbond substituents is 1. The molecule has 4 rings (SSSR count). The number of aromatic hydroxyl groups is 1. The minimum Gasteiger partial charge on any atom is -0.508 e. The molecule has 0 saturated carbocycles. The molecule has 85 heavy (non-hydrogen) atoms. The smallest absolute Gasteiger partial charge is 0.344 e. The van der Waals surface area contributed by atoms with Gasteiger partial charge in [0.2, 0.25) is 29.5 Å². The van der Waals surface area contributed by atoms with Crippen LogP contribution in [0.15, 0.2) is 83.9 Å². The van der Waals surface area contributed by atoms with Crippen LogP contribution in [0.25, 0.3) is 0 Å². The number of guanidine groups is 1. The highest BCUT2D eigenvalue weighted by Gasteiger charge is 2.29. The molecule has 0 bridgehead atoms. The third kappa shape index (κ3) is 28.6. The van der Waals surface area contributed by atoms with E-state index in [2.05, 4.69) is 47.5 Å². The van der Waals surface area contributed by atoms with Gasteiger partial charge in [0.1, 0.15) is 11.8 Å². The largest absolute Gasteiger partial charge is 0.508 e. The fourth-order valence-corrected chi connectivity index (χ4v) is 8.98. The van der Waals surface area contributed by atoms with E-state index in [1.807, 2.05) is 59.5 Å². The van der Waals surface area contributed by atoms with Crippen molar-refractivity contribution >= 4 is 65.1 Å². The van der Waals surface area contributed by atoms with Crippen molar-refractivity contribution in [1.82, 2.24) is 56.8 Å². The van der Waals surface area contributed by atoms with Crippen molar-refractivity contribution in [3.05, 3.63) is 95.6 Å². The molecule has 0 unspecified atom stereocenters. The molecule has 3 aromatic carbocycles. The number of hydrogen-bond donors (Lipinski definition) is 14. The van der Waals surface area contributed by atoms with Gasteiger partial charge in [0.05, 0.1) is 38.1 Å². The molecule has 1 heterocycles. The van der Waals surface area contributed by atoms with Crippen molar-refractivity contribution in [1.29, 1.82) is 0 Å². The van der Waals surface area contributed by atoms with E-state index >= 15 is 0 Å². The number of nitrogens with one attached hydrogen (secondary N) is 8. The van der Waals surface area contributed by atoms with Crippen molar-refractivity contribution in [2.75, 3.05) is 123 Å². The number of carbonyl (C=O) groups is 9. The number of carboxylic acids is 3. The number of aliphatic imine (C=N–C) groups is 1. The molecule has 0 aromatic heterocycles. The number of carboxylic acid groups (broad SMARTS) is 3. The Labute approximate surface area is 494 Å². The molecule has 3 atom stereocenters. The normalized spacial score (nSPS) is 15.1. The van der Waals surface area contributed by atoms with Crippen LogP contribution >= 0.6 is 0 Å². The van der Waals surface area contributed by atoms with Gasteiger partial charge in [0, 0.05) is 110 Å². The van der Waals surface area contributed by atoms with E-state index in [4.69, 9.17) is 11.5 Å². The number of anilines is 1. The second-order valence-corrected chi connectivity index (χ2v) is 20.4. The van der Waals surface area contributed by atoms with Crippen LogP contribution in [0.2, 0.25) is 0 Å². The number of amides is 7. The second-order valence-electron chi connectivity index (χ2n) is 20.4. The SMILES string of the molecule is CCC(=O)NCCNC(=O)/N=C(/N)NCCC[C@@H](NC(=O)[C@H](c1ccccc1)c1ccc(NCCCNC(=O)[C@H](N)CCCNC(=O)CN2CCN(CC(=O)O)CCN(CC(=O)O)CCN(CC(=O)O)CC2)cc1)C(=O)NCc1ccc(O)cc1. The lowest BCUT2D eigenvalue weighted by molar-refractivity contribution is -0.140. The maximum Gasteiger partial charge on any atom is 0.344 e. The Morgan fingerprint density at radius 1 is 0.529 bits per heavy atom. The molecule has 28 heteroatoms. The lowest BCUT2D eigenvalue weighted by Crippen LogP contribution is -2.49. The zero-order valence-electron chi connectivity index (χ0n) is 48.3. The Morgan fingerprint density at radius 2 is 1.04 bits per heavy atom. The molecule has 1 aliphatic heterocycles. The predicted molar refractivity (Wildman–Crippen MR) is 317 cm³/mol. The fourth-order valence-electron chi connectivity index (χ4n) is 8.98. The number of rotatable bonds is 33. The number of urea groups is 1. The van der Waals surface area contributed by atoms with Gasteiger partial charge in [-0.1, -0.05) is 61.5 Å². The molecule has 28 nitrogen and oxygen atoms in total. The molecule has 7 amide bonds. The average Bonchev–Trinajstić information content (AvgIpc) is 3.61. The summed E-state index contributed by atoms with van der Waals surface area (Å²) in [6, 6.07) is 20.3. The summed E-state index contributed by atoms with van der Waals surface area (Å²) in [5.74, 6) is -5.71. The fraction of sp³-hybridized carbons (Fsp3) is 0.509. The standard InChI is InChI=1S/C57H85N15O13/c1-2-47(74)62-25-26-65-57(85)68-56(59)64-22-7-12-46(54(83)66-35-40-13-19-44(73)20-14-40)67-55(84)52(41-9-4-3-5-10-41)42-15-17-43(18-16-42)60-23-8-24-63-53(82)45(58)11-6-21-61-48(75)36-69-27-29-70(37-49(76)77)31-33-72(39-51(80)81)34-32-71(30-28-69)38-50(78)79/h3-5,9-10,13-20,45-46,52,60,73H,2,6-8,11-12,21-39,58H2,1H3,(H,61,75)(H,62,74)(H,63,82)(H,66,83)(H,67,84)(H,76,77)(H,78,79)(H,80,81)(H4,59,64,65,68,85)/t45-,46-,52-/m1/s1. The van der Waals surface area contributed by atoms with Crippen molar-refractivity contribution in [3.63, 3.8) is 0 Å². The molecule has 0 radical (unpaired) electrons. The quantitative estimate of drug-likeness (QED) is 0.0195. The van der Waals surface area contributed by atoms with Crippen LogP contribution in [-0.4, -0.2) is 229 Å². The molecule has 1 fully saturated rings. The van der Waals surface area contributed by atoms with Gasteiger partial charge in [-0.05, 0) is 73.1 Å². The highest BCUT2D eigenvalue weighted by atomic mass is 16.4. The third-order valence-electron chi connectivity index (χ3n) is 13.6. The van der Waals surface area contributed by atoms with Crippen molar-refractivity contribution in [2.45, 2.75) is 70.0 Å². The molecule has 1 aliphatic rings. The Bertz CT molecular complexity index is 2600. The zero-order valence-corrected chi connectivity index (χ0v) is 48.3. The van der Waals surface area contributed by atoms with E-state index in [1.54, 1.807) is 33.8 Å². The second kappa shape index (κ2) is 38.4. The summed E-state index contributed by atoms with van der Waals surface area (Å²) < 4.78 is 0. The van der Waals surface area contributed by atoms with E-state index in [9.17, 15) is 63.6 Å². The van der Waals surface area contributed by atoms with E-state index in [0.29, 0.717) is 69.4 Å². The molecular weight excluding hydrogens is 1100 g/mol. The number of hydrogen-bond acceptors (Lipinski definition) is 16. The Balaban J connectivity index is 1.25. The topological polar surface area (TPSA) is 408 Å². The monoisotopic (exact) mass is 1190 g/mol. The summed E-state index contributed by atoms with van der Waals surface area (Å²) in [6.45, 7) is 4.81. The number of aliphatic carboxylic acids is 3. The highest BCUT2D eigenvalue weighted by molar-refractivity contribution is 5.93. The Hall–Kier alpha value is -8.44. The number of nitrogens with two attached hydrogens (primary N) is 2. The predicted octanol–water partition coefficient (Wildman–Crippen LogP) is -1.14. The van der Waals surface area contributed by atoms with Gasteiger partial charge in [-0.15, -0.1) is 0 Å². The van der Waals surface area contributed by atoms with Crippen molar-refractivity contribution in [3.8, 4) is 5.75 Å². The first kappa shape index (κ1) is 69.1. The van der Waals surface area contributed by atoms with Crippen LogP contribution in [0.1, 0.15) is 68.1 Å². The first-order chi connectivity index (χ1) is 40.8. The maximum absolute atomic E-state index is 14.4. The van der Waals surface area contributed by atoms with Gasteiger partial charge < -0.3 is 74.4 Å². The average molecular weight is 1190 g/mol. The van der Waals surface area contributed by atoms with E-state index in [1.165, 1.54) is 12.1 Å². The summed E-state index contributed by atoms with van der Waals surface area (Å²) >= 11 is 0. The number of nitrogens with zero attached hydrogens (tertiary/aromatic N) is 5. The molecule has 3 aromatic rings. The molecule has 0 aliphatic carbocycles. The highest BCUT2D eigenvalue weighted by Crippen LogP contribution is 2.27. The lowest BCUT2D eigenvalue weighted by atomic mass is 9.90. The summed E-state index contributed by atoms with van der Waals surface area (Å²) in [5, 5.41) is 61.0. The van der Waals surface area contributed by atoms with Crippen LogP contribution in [0.4, 0.5) is 10.5 Å². The van der Waals surface area contributed by atoms with E-state index in [0.717, 1.165) is 11.3 Å². The minimum absolute atomic E-state index is 0.0395. The van der Waals surface area contributed by atoms with Crippen LogP contribution in [0.3, 0.4) is 0 Å². The summed E-state index contributed by atoms with van der Waals surface area (Å²) in [4.78, 5) is 123. The third-order valence-corrected chi connectivity index (χ3v) is 13.6. The summed E-state index contributed by atoms with van der Waals surface area (Å²) in [5.41, 5.74) is 15.0. The van der Waals surface area contributed by atoms with Crippen LogP contribution < -0.4 is 54.0 Å². The molecule has 0 spiro atoms. The van der Waals surface area contributed by atoms with E-state index in [-0.39, 0.29) is 134 Å². The summed E-state index contributed by atoms with van der Waals surface area (Å²) in [7, 11) is 0. The zero-order chi connectivity index (χ0) is 61.9. The van der Waals surface area contributed by atoms with Gasteiger partial charge in [-0.25, -0.2) is 4.79 Å². The summed E-state index contributed by atoms with van der Waals surface area (Å²) in [6.07, 6.45) is 2.08. The molecule has 466 valence electrons. The van der Waals surface area contributed by atoms with Crippen molar-refractivity contribution in [2.24, 2.45) is 16.5 Å². The van der Waals surface area contributed by atoms with E-state index < -0.39 is 53.8 Å². The first-order valence-corrected chi connectivity index (χ1v) is 28.5.